The second kappa shape index (κ2) is 7.28. The normalized spacial score (nSPS) is 24.7. The number of fused-ring (bicyclic) bond motifs is 1. The Morgan fingerprint density at radius 2 is 2.00 bits per heavy atom. The fourth-order valence-corrected chi connectivity index (χ4v) is 3.99. The molecule has 2 aliphatic rings. The first-order valence-corrected chi connectivity index (χ1v) is 9.53. The van der Waals surface area contributed by atoms with E-state index in [1.54, 1.807) is 4.68 Å². The minimum absolute atomic E-state index is 0.0868. The highest BCUT2D eigenvalue weighted by Gasteiger charge is 2.31. The molecule has 0 aliphatic carbocycles. The lowest BCUT2D eigenvalue weighted by Crippen LogP contribution is -2.65. The van der Waals surface area contributed by atoms with Crippen molar-refractivity contribution < 1.29 is 9.59 Å². The molecule has 0 bridgehead atoms. The molecule has 144 valence electrons. The smallest absolute Gasteiger partial charge is 0.272 e. The van der Waals surface area contributed by atoms with Crippen molar-refractivity contribution >= 4 is 22.7 Å². The monoisotopic (exact) mass is 370 g/mol. The number of likely N-dealkylation sites (tertiary alicyclic amines) is 1. The highest BCUT2D eigenvalue weighted by molar-refractivity contribution is 6.04. The van der Waals surface area contributed by atoms with E-state index < -0.39 is 0 Å². The molecule has 4 rings (SSSR count). The number of amides is 2. The summed E-state index contributed by atoms with van der Waals surface area (Å²) in [5, 5.41) is 14.8. The summed E-state index contributed by atoms with van der Waals surface area (Å²) in [6.45, 7) is 3.66. The molecule has 2 unspecified atom stereocenters. The summed E-state index contributed by atoms with van der Waals surface area (Å²) < 4.78 is 1.74. The Morgan fingerprint density at radius 3 is 2.74 bits per heavy atom. The van der Waals surface area contributed by atoms with Gasteiger partial charge in [-0.15, -0.1) is 0 Å². The molecule has 8 nitrogen and oxygen atoms in total. The van der Waals surface area contributed by atoms with Crippen LogP contribution in [-0.2, 0) is 11.8 Å². The number of aryl methyl sites for hydroxylation is 1. The van der Waals surface area contributed by atoms with Crippen molar-refractivity contribution in [2.75, 3.05) is 13.1 Å². The summed E-state index contributed by atoms with van der Waals surface area (Å²) in [6.07, 6.45) is 2.09. The van der Waals surface area contributed by atoms with E-state index in [-0.39, 0.29) is 30.2 Å². The lowest BCUT2D eigenvalue weighted by molar-refractivity contribution is -0.127. The molecule has 0 spiro atoms. The van der Waals surface area contributed by atoms with E-state index in [2.05, 4.69) is 25.9 Å². The van der Waals surface area contributed by atoms with Crippen LogP contribution in [0.25, 0.3) is 10.9 Å². The van der Waals surface area contributed by atoms with Gasteiger partial charge in [0, 0.05) is 44.0 Å². The number of para-hydroxylation sites is 1. The summed E-state index contributed by atoms with van der Waals surface area (Å²) >= 11 is 0. The zero-order valence-corrected chi connectivity index (χ0v) is 15.7. The van der Waals surface area contributed by atoms with E-state index >= 15 is 0 Å². The Bertz CT molecular complexity index is 855. The number of rotatable bonds is 3. The molecule has 2 saturated heterocycles. The number of carbonyl (C=O) groups is 2. The van der Waals surface area contributed by atoms with Gasteiger partial charge in [-0.2, -0.15) is 5.10 Å². The van der Waals surface area contributed by atoms with Crippen LogP contribution in [0.4, 0.5) is 0 Å². The average molecular weight is 370 g/mol. The maximum atomic E-state index is 12.7. The SMILES string of the molecule is CC1CC(=O)NC(N2CCC(NC(=O)c3nn(C)c4ccccc34)CC2)N1. The number of aromatic nitrogens is 2. The first kappa shape index (κ1) is 17.9. The average Bonchev–Trinajstić information content (AvgIpc) is 2.99. The maximum Gasteiger partial charge on any atom is 0.272 e. The van der Waals surface area contributed by atoms with Crippen LogP contribution in [0, 0.1) is 0 Å². The van der Waals surface area contributed by atoms with E-state index in [1.165, 1.54) is 0 Å². The van der Waals surface area contributed by atoms with Crippen molar-refractivity contribution in [3.8, 4) is 0 Å². The van der Waals surface area contributed by atoms with Crippen molar-refractivity contribution in [2.45, 2.75) is 44.6 Å². The van der Waals surface area contributed by atoms with Gasteiger partial charge in [-0.3, -0.25) is 24.5 Å². The molecule has 8 heteroatoms. The summed E-state index contributed by atoms with van der Waals surface area (Å²) in [5.74, 6) is -0.0355. The lowest BCUT2D eigenvalue weighted by atomic mass is 10.0. The molecule has 3 N–H and O–H groups in total. The fraction of sp³-hybridized carbons (Fsp3) is 0.526. The first-order chi connectivity index (χ1) is 13.0. The molecule has 2 amide bonds. The molecule has 1 aromatic carbocycles. The van der Waals surface area contributed by atoms with E-state index in [9.17, 15) is 9.59 Å². The van der Waals surface area contributed by atoms with Crippen LogP contribution in [0.2, 0.25) is 0 Å². The second-order valence-electron chi connectivity index (χ2n) is 7.51. The van der Waals surface area contributed by atoms with Gasteiger partial charge in [0.05, 0.1) is 5.52 Å². The van der Waals surface area contributed by atoms with Crippen molar-refractivity contribution in [3.05, 3.63) is 30.0 Å². The summed E-state index contributed by atoms with van der Waals surface area (Å²) in [4.78, 5) is 26.7. The number of carbonyl (C=O) groups excluding carboxylic acids is 2. The van der Waals surface area contributed by atoms with Gasteiger partial charge in [0.2, 0.25) is 5.91 Å². The molecule has 27 heavy (non-hydrogen) atoms. The van der Waals surface area contributed by atoms with E-state index in [0.29, 0.717) is 12.1 Å². The molecule has 1 aromatic heterocycles. The predicted molar refractivity (Wildman–Crippen MR) is 102 cm³/mol. The second-order valence-corrected chi connectivity index (χ2v) is 7.51. The quantitative estimate of drug-likeness (QED) is 0.734. The van der Waals surface area contributed by atoms with E-state index in [1.807, 2.05) is 38.2 Å². The van der Waals surface area contributed by atoms with Gasteiger partial charge in [-0.1, -0.05) is 18.2 Å². The molecular weight excluding hydrogens is 344 g/mol. The van der Waals surface area contributed by atoms with Crippen molar-refractivity contribution in [2.24, 2.45) is 7.05 Å². The van der Waals surface area contributed by atoms with Crippen LogP contribution in [0.15, 0.2) is 24.3 Å². The predicted octanol–water partition coefficient (Wildman–Crippen LogP) is 0.549. The largest absolute Gasteiger partial charge is 0.348 e. The first-order valence-electron chi connectivity index (χ1n) is 9.53. The van der Waals surface area contributed by atoms with Gasteiger partial charge in [0.1, 0.15) is 6.29 Å². The summed E-state index contributed by atoms with van der Waals surface area (Å²) in [7, 11) is 1.85. The van der Waals surface area contributed by atoms with Crippen LogP contribution in [-0.4, -0.2) is 58.0 Å². The molecule has 0 saturated carbocycles. The number of benzene rings is 1. The van der Waals surface area contributed by atoms with Crippen LogP contribution in [0.5, 0.6) is 0 Å². The Kier molecular flexibility index (Phi) is 4.84. The van der Waals surface area contributed by atoms with E-state index in [4.69, 9.17) is 0 Å². The molecular formula is C19H26N6O2. The number of piperidine rings is 1. The number of nitrogens with one attached hydrogen (secondary N) is 3. The number of hydrogen-bond acceptors (Lipinski definition) is 5. The lowest BCUT2D eigenvalue weighted by Gasteiger charge is -2.41. The summed E-state index contributed by atoms with van der Waals surface area (Å²) in [5.41, 5.74) is 1.43. The zero-order chi connectivity index (χ0) is 19.0. The van der Waals surface area contributed by atoms with Gasteiger partial charge in [-0.25, -0.2) is 0 Å². The van der Waals surface area contributed by atoms with Gasteiger partial charge >= 0.3 is 0 Å². The van der Waals surface area contributed by atoms with Crippen molar-refractivity contribution in [1.82, 2.24) is 30.6 Å². The third-order valence-electron chi connectivity index (χ3n) is 5.43. The third kappa shape index (κ3) is 3.68. The minimum Gasteiger partial charge on any atom is -0.348 e. The fourth-order valence-electron chi connectivity index (χ4n) is 3.99. The molecule has 0 radical (unpaired) electrons. The van der Waals surface area contributed by atoms with Crippen molar-refractivity contribution in [1.29, 1.82) is 0 Å². The highest BCUT2D eigenvalue weighted by Crippen LogP contribution is 2.19. The third-order valence-corrected chi connectivity index (χ3v) is 5.43. The standard InChI is InChI=1S/C19H26N6O2/c1-12-11-16(26)22-19(20-12)25-9-7-13(8-10-25)21-18(27)17-14-5-3-4-6-15(14)24(2)23-17/h3-6,12-13,19-20H,7-11H2,1-2H3,(H,21,27)(H,22,26). The Balaban J connectivity index is 1.36. The highest BCUT2D eigenvalue weighted by atomic mass is 16.2. The van der Waals surface area contributed by atoms with Gasteiger partial charge in [-0.05, 0) is 25.8 Å². The van der Waals surface area contributed by atoms with E-state index in [0.717, 1.165) is 36.8 Å². The summed E-state index contributed by atoms with van der Waals surface area (Å²) in [6, 6.07) is 8.05. The Morgan fingerprint density at radius 1 is 1.26 bits per heavy atom. The molecule has 2 fully saturated rings. The van der Waals surface area contributed by atoms with Crippen molar-refractivity contribution in [3.63, 3.8) is 0 Å². The van der Waals surface area contributed by atoms with Gasteiger partial charge in [0.25, 0.3) is 5.91 Å². The van der Waals surface area contributed by atoms with Crippen LogP contribution < -0.4 is 16.0 Å². The Labute approximate surface area is 158 Å². The molecule has 3 heterocycles. The molecule has 2 aromatic rings. The molecule has 2 aliphatic heterocycles. The van der Waals surface area contributed by atoms with Crippen LogP contribution in [0.1, 0.15) is 36.7 Å². The van der Waals surface area contributed by atoms with Crippen LogP contribution in [0.3, 0.4) is 0 Å². The number of nitrogens with zero attached hydrogens (tertiary/aromatic N) is 3. The van der Waals surface area contributed by atoms with Gasteiger partial charge in [0.15, 0.2) is 5.69 Å². The number of hydrogen-bond donors (Lipinski definition) is 3. The molecule has 2 atom stereocenters. The maximum absolute atomic E-state index is 12.7. The van der Waals surface area contributed by atoms with Gasteiger partial charge < -0.3 is 10.6 Å². The minimum atomic E-state index is -0.122. The Hall–Kier alpha value is -2.45. The zero-order valence-electron chi connectivity index (χ0n) is 15.7. The topological polar surface area (TPSA) is 91.3 Å². The van der Waals surface area contributed by atoms with Crippen LogP contribution >= 0.6 is 0 Å².